The molecule has 0 N–H and O–H groups in total. The maximum absolute atomic E-state index is 5.96. The van der Waals surface area contributed by atoms with Crippen molar-refractivity contribution in [3.8, 4) is 0 Å². The first-order valence-corrected chi connectivity index (χ1v) is 7.85. The monoisotopic (exact) mass is 339 g/mol. The van der Waals surface area contributed by atoms with Crippen LogP contribution in [0.4, 0.5) is 5.69 Å². The van der Waals surface area contributed by atoms with Gasteiger partial charge in [0.05, 0.1) is 11.2 Å². The molecule has 0 aliphatic heterocycles. The quantitative estimate of drug-likeness (QED) is 0.788. The molecule has 1 saturated carbocycles. The molecule has 0 amide bonds. The summed E-state index contributed by atoms with van der Waals surface area (Å²) in [6.45, 7) is 0.864. The maximum atomic E-state index is 5.96. The van der Waals surface area contributed by atoms with E-state index in [9.17, 15) is 0 Å². The zero-order valence-electron chi connectivity index (χ0n) is 10.5. The smallest absolute Gasteiger partial charge is 0.112 e. The lowest BCUT2D eigenvalue weighted by molar-refractivity contribution is 0.391. The van der Waals surface area contributed by atoms with Gasteiger partial charge in [-0.2, -0.15) is 0 Å². The molecular formula is C14H15BrClN3. The van der Waals surface area contributed by atoms with E-state index in [0.29, 0.717) is 11.9 Å². The Morgan fingerprint density at radius 1 is 1.37 bits per heavy atom. The number of halogens is 2. The highest BCUT2D eigenvalue weighted by Crippen LogP contribution is 2.33. The van der Waals surface area contributed by atoms with Gasteiger partial charge in [-0.3, -0.25) is 9.97 Å². The number of nitrogens with zero attached hydrogens (tertiary/aromatic N) is 3. The summed E-state index contributed by atoms with van der Waals surface area (Å²) in [5.74, 6) is 0.636. The van der Waals surface area contributed by atoms with Gasteiger partial charge in [-0.05, 0) is 47.3 Å². The summed E-state index contributed by atoms with van der Waals surface area (Å²) in [4.78, 5) is 11.3. The summed E-state index contributed by atoms with van der Waals surface area (Å²) < 4.78 is 0.956. The lowest BCUT2D eigenvalue weighted by atomic mass is 9.91. The number of pyridine rings is 2. The molecule has 1 aliphatic rings. The van der Waals surface area contributed by atoms with Crippen LogP contribution in [0.15, 0.2) is 29.0 Å². The minimum absolute atomic E-state index is 0.606. The van der Waals surface area contributed by atoms with Crippen LogP contribution >= 0.6 is 27.5 Å². The van der Waals surface area contributed by atoms with E-state index in [1.807, 2.05) is 24.5 Å². The van der Waals surface area contributed by atoms with Crippen LogP contribution in [-0.2, 0) is 0 Å². The first-order valence-electron chi connectivity index (χ1n) is 6.52. The summed E-state index contributed by atoms with van der Waals surface area (Å²) in [5, 5.41) is 0. The van der Waals surface area contributed by atoms with E-state index in [-0.39, 0.29) is 0 Å². The fourth-order valence-electron chi connectivity index (χ4n) is 2.51. The fraction of sp³-hybridized carbons (Fsp3) is 0.429. The Labute approximate surface area is 126 Å². The molecule has 0 atom stereocenters. The summed E-state index contributed by atoms with van der Waals surface area (Å²) >= 11 is 9.40. The van der Waals surface area contributed by atoms with Gasteiger partial charge in [-0.15, -0.1) is 11.6 Å². The van der Waals surface area contributed by atoms with Gasteiger partial charge in [0.1, 0.15) is 5.52 Å². The molecule has 100 valence electrons. The predicted molar refractivity (Wildman–Crippen MR) is 82.9 cm³/mol. The average molecular weight is 341 g/mol. The lowest BCUT2D eigenvalue weighted by Crippen LogP contribution is -2.41. The Kier molecular flexibility index (Phi) is 3.89. The highest BCUT2D eigenvalue weighted by atomic mass is 79.9. The van der Waals surface area contributed by atoms with Crippen molar-refractivity contribution in [1.29, 1.82) is 0 Å². The van der Waals surface area contributed by atoms with Crippen molar-refractivity contribution in [2.45, 2.75) is 25.3 Å². The van der Waals surface area contributed by atoms with Gasteiger partial charge in [0.25, 0.3) is 0 Å². The molecule has 0 radical (unpaired) electrons. The van der Waals surface area contributed by atoms with Gasteiger partial charge < -0.3 is 4.90 Å². The molecule has 2 aromatic heterocycles. The molecule has 0 saturated heterocycles. The van der Waals surface area contributed by atoms with Gasteiger partial charge in [-0.1, -0.05) is 0 Å². The van der Waals surface area contributed by atoms with E-state index in [1.165, 1.54) is 19.3 Å². The number of rotatable bonds is 4. The van der Waals surface area contributed by atoms with Crippen LogP contribution in [0.1, 0.15) is 19.3 Å². The average Bonchev–Trinajstić information content (AvgIpc) is 2.35. The first kappa shape index (κ1) is 13.1. The summed E-state index contributed by atoms with van der Waals surface area (Å²) in [6, 6.07) is 4.66. The van der Waals surface area contributed by atoms with Crippen LogP contribution in [0.3, 0.4) is 0 Å². The van der Waals surface area contributed by atoms with Gasteiger partial charge in [0.2, 0.25) is 0 Å². The Bertz CT molecular complexity index is 586. The van der Waals surface area contributed by atoms with Crippen LogP contribution < -0.4 is 4.90 Å². The first-order chi connectivity index (χ1) is 9.29. The topological polar surface area (TPSA) is 29.0 Å². The van der Waals surface area contributed by atoms with Crippen molar-refractivity contribution in [2.24, 2.45) is 0 Å². The van der Waals surface area contributed by atoms with Crippen molar-refractivity contribution in [3.63, 3.8) is 0 Å². The second-order valence-corrected chi connectivity index (χ2v) is 6.11. The standard InChI is InChI=1S/C14H15BrClN3/c15-10-8-12-14(18-9-10)13(4-6-17-12)19(7-5-16)11-2-1-3-11/h4,6,8-9,11H,1-3,5,7H2. The molecule has 1 aliphatic carbocycles. The third-order valence-corrected chi connectivity index (χ3v) is 4.28. The van der Waals surface area contributed by atoms with E-state index in [4.69, 9.17) is 11.6 Å². The minimum atomic E-state index is 0.606. The van der Waals surface area contributed by atoms with Gasteiger partial charge in [0.15, 0.2) is 0 Å². The van der Waals surface area contributed by atoms with E-state index in [2.05, 4.69) is 30.8 Å². The Morgan fingerprint density at radius 3 is 2.89 bits per heavy atom. The molecule has 0 aromatic carbocycles. The van der Waals surface area contributed by atoms with Crippen LogP contribution in [0, 0.1) is 0 Å². The summed E-state index contributed by atoms with van der Waals surface area (Å²) in [7, 11) is 0. The largest absolute Gasteiger partial charge is 0.366 e. The molecule has 2 heterocycles. The van der Waals surface area contributed by atoms with Crippen LogP contribution in [0.25, 0.3) is 11.0 Å². The molecule has 0 spiro atoms. The molecule has 19 heavy (non-hydrogen) atoms. The molecule has 3 rings (SSSR count). The van der Waals surface area contributed by atoms with Crippen LogP contribution in [-0.4, -0.2) is 28.4 Å². The molecule has 5 heteroatoms. The number of aromatic nitrogens is 2. The number of anilines is 1. The fourth-order valence-corrected chi connectivity index (χ4v) is 3.01. The van der Waals surface area contributed by atoms with Crippen molar-refractivity contribution in [3.05, 3.63) is 29.0 Å². The SMILES string of the molecule is ClCCN(c1ccnc2cc(Br)cnc12)C1CCC1. The van der Waals surface area contributed by atoms with Gasteiger partial charge in [0, 0.05) is 35.3 Å². The molecule has 0 bridgehead atoms. The molecule has 0 unspecified atom stereocenters. The zero-order valence-corrected chi connectivity index (χ0v) is 12.9. The Hall–Kier alpha value is -0.870. The number of hydrogen-bond acceptors (Lipinski definition) is 3. The Morgan fingerprint density at radius 2 is 2.21 bits per heavy atom. The molecular weight excluding hydrogens is 326 g/mol. The molecule has 2 aromatic rings. The second-order valence-electron chi connectivity index (χ2n) is 4.82. The van der Waals surface area contributed by atoms with Crippen molar-refractivity contribution < 1.29 is 0 Å². The van der Waals surface area contributed by atoms with E-state index >= 15 is 0 Å². The third kappa shape index (κ3) is 2.56. The van der Waals surface area contributed by atoms with Gasteiger partial charge >= 0.3 is 0 Å². The Balaban J connectivity index is 2.06. The van der Waals surface area contributed by atoms with Crippen LogP contribution in [0.2, 0.25) is 0 Å². The van der Waals surface area contributed by atoms with E-state index in [0.717, 1.165) is 27.7 Å². The normalized spacial score (nSPS) is 15.5. The summed E-state index contributed by atoms with van der Waals surface area (Å²) in [6.07, 6.45) is 7.48. The van der Waals surface area contributed by atoms with Crippen molar-refractivity contribution in [2.75, 3.05) is 17.3 Å². The number of fused-ring (bicyclic) bond motifs is 1. The zero-order chi connectivity index (χ0) is 13.2. The van der Waals surface area contributed by atoms with Crippen molar-refractivity contribution in [1.82, 2.24) is 9.97 Å². The summed E-state index contributed by atoms with van der Waals surface area (Å²) in [5.41, 5.74) is 3.04. The second kappa shape index (κ2) is 5.63. The number of alkyl halides is 1. The molecule has 3 nitrogen and oxygen atoms in total. The van der Waals surface area contributed by atoms with Gasteiger partial charge in [-0.25, -0.2) is 0 Å². The maximum Gasteiger partial charge on any atom is 0.112 e. The van der Waals surface area contributed by atoms with E-state index < -0.39 is 0 Å². The highest BCUT2D eigenvalue weighted by Gasteiger charge is 2.26. The highest BCUT2D eigenvalue weighted by molar-refractivity contribution is 9.10. The number of hydrogen-bond donors (Lipinski definition) is 0. The lowest BCUT2D eigenvalue weighted by Gasteiger charge is -2.39. The predicted octanol–water partition coefficient (Wildman–Crippen LogP) is 3.99. The molecule has 1 fully saturated rings. The van der Waals surface area contributed by atoms with Crippen molar-refractivity contribution >= 4 is 44.3 Å². The van der Waals surface area contributed by atoms with E-state index in [1.54, 1.807) is 0 Å². The van der Waals surface area contributed by atoms with Crippen LogP contribution in [0.5, 0.6) is 0 Å². The third-order valence-electron chi connectivity index (χ3n) is 3.67. The minimum Gasteiger partial charge on any atom is -0.366 e.